The van der Waals surface area contributed by atoms with Crippen molar-refractivity contribution < 1.29 is 9.53 Å². The van der Waals surface area contributed by atoms with Gasteiger partial charge in [-0.1, -0.05) is 32.9 Å². The van der Waals surface area contributed by atoms with Crippen LogP contribution in [-0.2, 0) is 0 Å². The highest BCUT2D eigenvalue weighted by Gasteiger charge is 2.19. The first-order valence-corrected chi connectivity index (χ1v) is 9.57. The second-order valence-electron chi connectivity index (χ2n) is 7.32. The van der Waals surface area contributed by atoms with E-state index in [4.69, 9.17) is 4.74 Å². The molecule has 1 heterocycles. The van der Waals surface area contributed by atoms with Gasteiger partial charge in [0.1, 0.15) is 5.75 Å². The average Bonchev–Trinajstić information content (AvgIpc) is 2.60. The molecule has 1 aliphatic rings. The number of rotatable bonds is 8. The SMILES string of the molecule is CCCN1CCC(CNC(=O)Nc2ccccc2OCC(C)C)CC1. The number of ether oxygens (including phenoxy) is 1. The van der Waals surface area contributed by atoms with E-state index in [1.807, 2.05) is 24.3 Å². The van der Waals surface area contributed by atoms with E-state index in [2.05, 4.69) is 36.3 Å². The van der Waals surface area contributed by atoms with Crippen LogP contribution in [0.3, 0.4) is 0 Å². The highest BCUT2D eigenvalue weighted by molar-refractivity contribution is 5.90. The van der Waals surface area contributed by atoms with Crippen LogP contribution < -0.4 is 15.4 Å². The van der Waals surface area contributed by atoms with Gasteiger partial charge in [0.2, 0.25) is 0 Å². The second-order valence-corrected chi connectivity index (χ2v) is 7.32. The molecular formula is C20H33N3O2. The van der Waals surface area contributed by atoms with Crippen LogP contribution in [0, 0.1) is 11.8 Å². The zero-order valence-corrected chi connectivity index (χ0v) is 15.9. The summed E-state index contributed by atoms with van der Waals surface area (Å²) in [6.45, 7) is 11.3. The summed E-state index contributed by atoms with van der Waals surface area (Å²) in [4.78, 5) is 14.7. The molecule has 25 heavy (non-hydrogen) atoms. The van der Waals surface area contributed by atoms with Gasteiger partial charge in [-0.05, 0) is 62.9 Å². The van der Waals surface area contributed by atoms with Crippen molar-refractivity contribution in [2.24, 2.45) is 11.8 Å². The largest absolute Gasteiger partial charge is 0.491 e. The lowest BCUT2D eigenvalue weighted by Gasteiger charge is -2.31. The number of benzene rings is 1. The molecule has 0 saturated carbocycles. The van der Waals surface area contributed by atoms with Crippen molar-refractivity contribution in [1.29, 1.82) is 0 Å². The molecule has 1 aromatic carbocycles. The van der Waals surface area contributed by atoms with Gasteiger partial charge in [-0.2, -0.15) is 0 Å². The molecule has 0 bridgehead atoms. The van der Waals surface area contributed by atoms with Gasteiger partial charge >= 0.3 is 6.03 Å². The molecule has 0 unspecified atom stereocenters. The molecule has 1 saturated heterocycles. The molecule has 5 nitrogen and oxygen atoms in total. The summed E-state index contributed by atoms with van der Waals surface area (Å²) in [6.07, 6.45) is 3.53. The van der Waals surface area contributed by atoms with Crippen molar-refractivity contribution in [3.05, 3.63) is 24.3 Å². The Morgan fingerprint density at radius 2 is 2.00 bits per heavy atom. The molecule has 0 aliphatic carbocycles. The van der Waals surface area contributed by atoms with Crippen LogP contribution in [0.25, 0.3) is 0 Å². The van der Waals surface area contributed by atoms with Gasteiger partial charge < -0.3 is 20.3 Å². The van der Waals surface area contributed by atoms with Crippen molar-refractivity contribution in [1.82, 2.24) is 10.2 Å². The van der Waals surface area contributed by atoms with E-state index < -0.39 is 0 Å². The van der Waals surface area contributed by atoms with E-state index in [-0.39, 0.29) is 6.03 Å². The van der Waals surface area contributed by atoms with Crippen LogP contribution in [-0.4, -0.2) is 43.7 Å². The van der Waals surface area contributed by atoms with E-state index in [0.29, 0.717) is 18.4 Å². The van der Waals surface area contributed by atoms with Crippen molar-refractivity contribution >= 4 is 11.7 Å². The molecule has 140 valence electrons. The smallest absolute Gasteiger partial charge is 0.319 e. The Labute approximate surface area is 152 Å². The lowest BCUT2D eigenvalue weighted by atomic mass is 9.97. The van der Waals surface area contributed by atoms with Gasteiger partial charge in [0.25, 0.3) is 0 Å². The second kappa shape index (κ2) is 10.3. The van der Waals surface area contributed by atoms with Crippen LogP contribution in [0.1, 0.15) is 40.0 Å². The van der Waals surface area contributed by atoms with Gasteiger partial charge in [-0.3, -0.25) is 0 Å². The molecule has 0 atom stereocenters. The number of urea groups is 1. The van der Waals surface area contributed by atoms with Gasteiger partial charge in [0, 0.05) is 6.54 Å². The third kappa shape index (κ3) is 6.94. The predicted molar refractivity (Wildman–Crippen MR) is 103 cm³/mol. The number of carbonyl (C=O) groups excluding carboxylic acids is 1. The van der Waals surface area contributed by atoms with Gasteiger partial charge in [-0.15, -0.1) is 0 Å². The molecule has 0 aromatic heterocycles. The molecule has 1 fully saturated rings. The van der Waals surface area contributed by atoms with Crippen molar-refractivity contribution in [2.45, 2.75) is 40.0 Å². The first-order valence-electron chi connectivity index (χ1n) is 9.57. The first-order chi connectivity index (χ1) is 12.1. The Hall–Kier alpha value is -1.75. The zero-order valence-electron chi connectivity index (χ0n) is 15.9. The minimum absolute atomic E-state index is 0.156. The normalized spacial score (nSPS) is 16.0. The summed E-state index contributed by atoms with van der Waals surface area (Å²) in [7, 11) is 0. The number of para-hydroxylation sites is 2. The summed E-state index contributed by atoms with van der Waals surface area (Å²) in [5.41, 5.74) is 0.721. The predicted octanol–water partition coefficient (Wildman–Crippen LogP) is 3.96. The maximum atomic E-state index is 12.2. The topological polar surface area (TPSA) is 53.6 Å². The first kappa shape index (κ1) is 19.6. The molecule has 0 spiro atoms. The van der Waals surface area contributed by atoms with Crippen LogP contribution in [0.15, 0.2) is 24.3 Å². The standard InChI is InChI=1S/C20H33N3O2/c1-4-11-23-12-9-17(10-13-23)14-21-20(24)22-18-7-5-6-8-19(18)25-15-16(2)3/h5-8,16-17H,4,9-15H2,1-3H3,(H2,21,22,24). The summed E-state index contributed by atoms with van der Waals surface area (Å²) in [6, 6.07) is 7.43. The van der Waals surface area contributed by atoms with Crippen LogP contribution in [0.2, 0.25) is 0 Å². The Bertz CT molecular complexity index is 525. The van der Waals surface area contributed by atoms with Crippen molar-refractivity contribution in [3.63, 3.8) is 0 Å². The highest BCUT2D eigenvalue weighted by Crippen LogP contribution is 2.24. The molecule has 2 rings (SSSR count). The number of hydrogen-bond acceptors (Lipinski definition) is 3. The molecule has 1 aromatic rings. The number of nitrogens with one attached hydrogen (secondary N) is 2. The number of nitrogens with zero attached hydrogens (tertiary/aromatic N) is 1. The van der Waals surface area contributed by atoms with E-state index in [1.54, 1.807) is 0 Å². The number of piperidine rings is 1. The molecule has 2 amide bonds. The Morgan fingerprint density at radius 3 is 2.68 bits per heavy atom. The number of likely N-dealkylation sites (tertiary alicyclic amines) is 1. The van der Waals surface area contributed by atoms with Crippen molar-refractivity contribution in [3.8, 4) is 5.75 Å². The maximum absolute atomic E-state index is 12.2. The Kier molecular flexibility index (Phi) is 8.06. The monoisotopic (exact) mass is 347 g/mol. The fourth-order valence-electron chi connectivity index (χ4n) is 3.09. The van der Waals surface area contributed by atoms with E-state index in [1.165, 1.54) is 13.0 Å². The fraction of sp³-hybridized carbons (Fsp3) is 0.650. The third-order valence-electron chi connectivity index (χ3n) is 4.51. The highest BCUT2D eigenvalue weighted by atomic mass is 16.5. The maximum Gasteiger partial charge on any atom is 0.319 e. The minimum atomic E-state index is -0.156. The fourth-order valence-corrected chi connectivity index (χ4v) is 3.09. The van der Waals surface area contributed by atoms with E-state index >= 15 is 0 Å². The number of hydrogen-bond donors (Lipinski definition) is 2. The Morgan fingerprint density at radius 1 is 1.28 bits per heavy atom. The molecule has 0 radical (unpaired) electrons. The quantitative estimate of drug-likeness (QED) is 0.748. The molecule has 1 aliphatic heterocycles. The number of amides is 2. The van der Waals surface area contributed by atoms with Crippen molar-refractivity contribution in [2.75, 3.05) is 38.1 Å². The van der Waals surface area contributed by atoms with Gasteiger partial charge in [0.05, 0.1) is 12.3 Å². The average molecular weight is 348 g/mol. The van der Waals surface area contributed by atoms with E-state index in [0.717, 1.165) is 43.9 Å². The van der Waals surface area contributed by atoms with Gasteiger partial charge in [-0.25, -0.2) is 4.79 Å². The summed E-state index contributed by atoms with van der Waals surface area (Å²) >= 11 is 0. The number of anilines is 1. The van der Waals surface area contributed by atoms with Crippen LogP contribution in [0.5, 0.6) is 5.75 Å². The summed E-state index contributed by atoms with van der Waals surface area (Å²) < 4.78 is 5.78. The molecule has 2 N–H and O–H groups in total. The lowest BCUT2D eigenvalue weighted by molar-refractivity contribution is 0.182. The van der Waals surface area contributed by atoms with Crippen LogP contribution in [0.4, 0.5) is 10.5 Å². The Balaban J connectivity index is 1.75. The summed E-state index contributed by atoms with van der Waals surface area (Å²) in [5, 5.41) is 5.93. The van der Waals surface area contributed by atoms with Crippen LogP contribution >= 0.6 is 0 Å². The lowest BCUT2D eigenvalue weighted by Crippen LogP contribution is -2.40. The molecule has 5 heteroatoms. The minimum Gasteiger partial charge on any atom is -0.491 e. The third-order valence-corrected chi connectivity index (χ3v) is 4.51. The molecular weight excluding hydrogens is 314 g/mol. The zero-order chi connectivity index (χ0) is 18.1. The van der Waals surface area contributed by atoms with Gasteiger partial charge in [0.15, 0.2) is 0 Å². The number of carbonyl (C=O) groups is 1. The van der Waals surface area contributed by atoms with E-state index in [9.17, 15) is 4.79 Å². The summed E-state index contributed by atoms with van der Waals surface area (Å²) in [5.74, 6) is 1.74.